The van der Waals surface area contributed by atoms with E-state index in [1.54, 1.807) is 6.07 Å². The summed E-state index contributed by atoms with van der Waals surface area (Å²) in [5, 5.41) is 3.58. The van der Waals surface area contributed by atoms with Crippen molar-refractivity contribution >= 4 is 38.5 Å². The van der Waals surface area contributed by atoms with Crippen molar-refractivity contribution in [3.8, 4) is 5.88 Å². The van der Waals surface area contributed by atoms with Crippen molar-refractivity contribution < 1.29 is 27.4 Å². The fraction of sp³-hybridized carbons (Fsp3) is 0.625. The van der Waals surface area contributed by atoms with Crippen LogP contribution in [0, 0.1) is 0 Å². The molecule has 2 aromatic heterocycles. The number of ether oxygens (including phenoxy) is 3. The van der Waals surface area contributed by atoms with Crippen molar-refractivity contribution in [2.75, 3.05) is 42.2 Å². The molecule has 0 unspecified atom stereocenters. The summed E-state index contributed by atoms with van der Waals surface area (Å²) in [7, 11) is -3.46. The average Bonchev–Trinajstić information content (AvgIpc) is 2.79. The van der Waals surface area contributed by atoms with E-state index in [4.69, 9.17) is 19.2 Å². The molecule has 1 aliphatic heterocycles. The summed E-state index contributed by atoms with van der Waals surface area (Å²) < 4.78 is 43.2. The molecule has 0 bridgehead atoms. The van der Waals surface area contributed by atoms with E-state index in [9.17, 15) is 13.2 Å². The van der Waals surface area contributed by atoms with Crippen LogP contribution in [0.25, 0.3) is 10.9 Å². The lowest BCUT2D eigenvalue weighted by molar-refractivity contribution is 0.0470. The van der Waals surface area contributed by atoms with Gasteiger partial charge in [0.25, 0.3) is 0 Å². The van der Waals surface area contributed by atoms with Gasteiger partial charge in [-0.25, -0.2) is 13.2 Å². The van der Waals surface area contributed by atoms with Gasteiger partial charge in [-0.05, 0) is 52.5 Å². The van der Waals surface area contributed by atoms with Gasteiger partial charge in [0.2, 0.25) is 15.9 Å². The number of anilines is 2. The number of hydrogen-bond donors (Lipinski definition) is 2. The molecule has 1 saturated carbocycles. The molecule has 1 aliphatic carbocycles. The Kier molecular flexibility index (Phi) is 7.74. The highest BCUT2D eigenvalue weighted by atomic mass is 32.2. The van der Waals surface area contributed by atoms with Gasteiger partial charge >= 0.3 is 6.09 Å². The molecular formula is C24H35N5O6S. The van der Waals surface area contributed by atoms with Crippen LogP contribution >= 0.6 is 0 Å². The lowest BCUT2D eigenvalue weighted by Gasteiger charge is -2.31. The third-order valence-corrected chi connectivity index (χ3v) is 6.55. The number of fused-ring (bicyclic) bond motifs is 1. The molecule has 12 heteroatoms. The topological polar surface area (TPSA) is 132 Å². The van der Waals surface area contributed by atoms with Gasteiger partial charge in [-0.2, -0.15) is 4.98 Å². The second-order valence-electron chi connectivity index (χ2n) is 10.3. The van der Waals surface area contributed by atoms with Crippen molar-refractivity contribution in [1.29, 1.82) is 0 Å². The van der Waals surface area contributed by atoms with Crippen LogP contribution < -0.4 is 19.7 Å². The fourth-order valence-electron chi connectivity index (χ4n) is 4.35. The zero-order valence-electron chi connectivity index (χ0n) is 21.2. The maximum Gasteiger partial charge on any atom is 0.407 e. The minimum Gasteiger partial charge on any atom is -0.474 e. The average molecular weight is 522 g/mol. The largest absolute Gasteiger partial charge is 0.474 e. The van der Waals surface area contributed by atoms with Crippen LogP contribution in [0.15, 0.2) is 18.3 Å². The first-order valence-corrected chi connectivity index (χ1v) is 14.1. The number of nitrogens with one attached hydrogen (secondary N) is 2. The number of carbonyl (C=O) groups is 1. The summed E-state index contributed by atoms with van der Waals surface area (Å²) in [4.78, 5) is 23.5. The van der Waals surface area contributed by atoms with Crippen LogP contribution in [-0.4, -0.2) is 74.8 Å². The first kappa shape index (κ1) is 26.2. The van der Waals surface area contributed by atoms with Gasteiger partial charge in [0.1, 0.15) is 17.5 Å². The molecule has 1 amide bonds. The number of aromatic nitrogens is 2. The maximum absolute atomic E-state index is 12.1. The molecule has 0 radical (unpaired) electrons. The van der Waals surface area contributed by atoms with Gasteiger partial charge in [0.05, 0.1) is 42.3 Å². The fourth-order valence-corrected chi connectivity index (χ4v) is 4.89. The minimum atomic E-state index is -3.46. The van der Waals surface area contributed by atoms with E-state index in [0.717, 1.165) is 37.8 Å². The Morgan fingerprint density at radius 1 is 1.14 bits per heavy atom. The number of carbonyl (C=O) groups excluding carboxylic acids is 1. The molecule has 3 heterocycles. The third-order valence-electron chi connectivity index (χ3n) is 5.94. The Balaban J connectivity index is 1.52. The highest BCUT2D eigenvalue weighted by Crippen LogP contribution is 2.32. The summed E-state index contributed by atoms with van der Waals surface area (Å²) in [6.07, 6.45) is 5.06. The second-order valence-corrected chi connectivity index (χ2v) is 12.0. The van der Waals surface area contributed by atoms with Gasteiger partial charge in [0, 0.05) is 25.2 Å². The summed E-state index contributed by atoms with van der Waals surface area (Å²) in [5.41, 5.74) is 0.475. The van der Waals surface area contributed by atoms with E-state index in [1.165, 1.54) is 6.20 Å². The molecule has 2 aliphatic rings. The quantitative estimate of drug-likeness (QED) is 0.588. The van der Waals surface area contributed by atoms with Crippen LogP contribution in [0.1, 0.15) is 46.5 Å². The first-order chi connectivity index (χ1) is 16.9. The Morgan fingerprint density at radius 3 is 2.47 bits per heavy atom. The van der Waals surface area contributed by atoms with Crippen LogP contribution in [0.3, 0.4) is 0 Å². The molecule has 2 aromatic rings. The molecule has 1 saturated heterocycles. The molecule has 11 nitrogen and oxygen atoms in total. The molecule has 0 spiro atoms. The van der Waals surface area contributed by atoms with Crippen LogP contribution in [0.4, 0.5) is 16.3 Å². The highest BCUT2D eigenvalue weighted by Gasteiger charge is 2.27. The highest BCUT2D eigenvalue weighted by molar-refractivity contribution is 7.92. The summed E-state index contributed by atoms with van der Waals surface area (Å²) in [6.45, 7) is 8.19. The van der Waals surface area contributed by atoms with E-state index >= 15 is 0 Å². The number of sulfonamides is 1. The van der Waals surface area contributed by atoms with Crippen LogP contribution in [0.2, 0.25) is 0 Å². The third kappa shape index (κ3) is 7.33. The number of rotatable bonds is 6. The summed E-state index contributed by atoms with van der Waals surface area (Å²) in [6, 6.07) is 3.61. The number of amides is 1. The lowest BCUT2D eigenvalue weighted by atomic mass is 9.93. The van der Waals surface area contributed by atoms with Crippen LogP contribution in [0.5, 0.6) is 5.88 Å². The van der Waals surface area contributed by atoms with E-state index in [2.05, 4.69) is 19.9 Å². The molecule has 2 N–H and O–H groups in total. The minimum absolute atomic E-state index is 0.0244. The normalized spacial score (nSPS) is 21.2. The monoisotopic (exact) mass is 521 g/mol. The maximum atomic E-state index is 12.1. The predicted octanol–water partition coefficient (Wildman–Crippen LogP) is 3.05. The van der Waals surface area contributed by atoms with Crippen molar-refractivity contribution in [3.63, 3.8) is 0 Å². The zero-order chi connectivity index (χ0) is 25.9. The van der Waals surface area contributed by atoms with Gasteiger partial charge in [-0.15, -0.1) is 0 Å². The smallest absolute Gasteiger partial charge is 0.407 e. The number of morpholine rings is 1. The molecule has 0 aromatic carbocycles. The number of alkyl carbamates (subject to hydrolysis) is 1. The van der Waals surface area contributed by atoms with Gasteiger partial charge in [-0.3, -0.25) is 9.71 Å². The summed E-state index contributed by atoms with van der Waals surface area (Å²) >= 11 is 0. The SMILES string of the molecule is CC(C)(C)OC(=O)N[C@H]1CC[C@@H](Oc2nc(N3CCOCC3)cc3ncc(NS(C)(=O)=O)cc23)CC1. The number of hydrogen-bond acceptors (Lipinski definition) is 9. The molecule has 36 heavy (non-hydrogen) atoms. The van der Waals surface area contributed by atoms with E-state index in [-0.39, 0.29) is 12.1 Å². The van der Waals surface area contributed by atoms with Crippen molar-refractivity contribution in [1.82, 2.24) is 15.3 Å². The van der Waals surface area contributed by atoms with Crippen molar-refractivity contribution in [2.45, 2.75) is 64.2 Å². The number of pyridine rings is 2. The van der Waals surface area contributed by atoms with Crippen molar-refractivity contribution in [3.05, 3.63) is 18.3 Å². The summed E-state index contributed by atoms with van der Waals surface area (Å²) in [5.74, 6) is 1.17. The number of nitrogens with zero attached hydrogens (tertiary/aromatic N) is 3. The molecule has 198 valence electrons. The van der Waals surface area contributed by atoms with E-state index < -0.39 is 21.7 Å². The standard InChI is InChI=1S/C24H35N5O6S/c1-24(2,3)35-23(30)26-16-5-7-18(8-6-16)34-22-19-13-17(28-36(4,31)32)15-25-20(19)14-21(27-22)29-9-11-33-12-10-29/h13-16,18,28H,5-12H2,1-4H3,(H,26,30)/t16-,18+. The zero-order valence-corrected chi connectivity index (χ0v) is 22.1. The molecule has 2 fully saturated rings. The lowest BCUT2D eigenvalue weighted by Crippen LogP contribution is -2.42. The molecular weight excluding hydrogens is 486 g/mol. The van der Waals surface area contributed by atoms with E-state index in [0.29, 0.717) is 48.8 Å². The van der Waals surface area contributed by atoms with E-state index in [1.807, 2.05) is 26.8 Å². The van der Waals surface area contributed by atoms with Crippen LogP contribution in [-0.2, 0) is 19.5 Å². The Morgan fingerprint density at radius 2 is 1.83 bits per heavy atom. The van der Waals surface area contributed by atoms with Gasteiger partial charge < -0.3 is 24.4 Å². The Hall–Kier alpha value is -2.86. The predicted molar refractivity (Wildman–Crippen MR) is 137 cm³/mol. The van der Waals surface area contributed by atoms with Gasteiger partial charge in [0.15, 0.2) is 0 Å². The first-order valence-electron chi connectivity index (χ1n) is 12.2. The van der Waals surface area contributed by atoms with Crippen molar-refractivity contribution in [2.24, 2.45) is 0 Å². The Labute approximate surface area is 212 Å². The molecule has 0 atom stereocenters. The van der Waals surface area contributed by atoms with Gasteiger partial charge in [-0.1, -0.05) is 0 Å². The Bertz CT molecular complexity index is 1190. The second kappa shape index (κ2) is 10.6. The molecule has 4 rings (SSSR count).